The maximum atomic E-state index is 3.07. The highest BCUT2D eigenvalue weighted by molar-refractivity contribution is 9.11. The lowest BCUT2D eigenvalue weighted by molar-refractivity contribution is 1.79. The summed E-state index contributed by atoms with van der Waals surface area (Å²) in [6, 6.07) is 0. The van der Waals surface area contributed by atoms with Crippen LogP contribution in [0.4, 0.5) is 0 Å². The molecule has 0 heterocycles. The average Bonchev–Trinajstić information content (AvgIpc) is 1.37. The molecule has 0 aliphatic heterocycles. The molecule has 0 bridgehead atoms. The lowest BCUT2D eigenvalue weighted by Crippen LogP contribution is -1.19. The molecule has 0 atom stereocenters. The fourth-order valence-electron chi connectivity index (χ4n) is 0. The van der Waals surface area contributed by atoms with Gasteiger partial charge in [0.2, 0.25) is 0 Å². The highest BCUT2D eigenvalue weighted by atomic mass is 79.9. The first-order chi connectivity index (χ1) is 1.91. The van der Waals surface area contributed by atoms with E-state index in [1.165, 1.54) is 0 Å². The van der Waals surface area contributed by atoms with E-state index in [1.807, 2.05) is 18.0 Å². The third-order valence-corrected chi connectivity index (χ3v) is 0.655. The van der Waals surface area contributed by atoms with Gasteiger partial charge in [-0.3, -0.25) is 0 Å². The molecule has 0 saturated heterocycles. The van der Waals surface area contributed by atoms with E-state index in [2.05, 4.69) is 15.9 Å². The molecular weight excluding hydrogens is 187 g/mol. The van der Waals surface area contributed by atoms with E-state index in [0.717, 1.165) is 0 Å². The molecule has 0 nitrogen and oxygen atoms in total. The largest absolute Gasteiger partial charge is 0.147 e. The van der Waals surface area contributed by atoms with Crippen LogP contribution in [0, 0.1) is 0 Å². The van der Waals surface area contributed by atoms with Gasteiger partial charge in [-0.1, -0.05) is 22.0 Å². The van der Waals surface area contributed by atoms with Crippen LogP contribution in [-0.2, 0) is 0 Å². The summed E-state index contributed by atoms with van der Waals surface area (Å²) in [5.41, 5.74) is 0. The highest BCUT2D eigenvalue weighted by Gasteiger charge is 1.36. The summed E-state index contributed by atoms with van der Waals surface area (Å²) >= 11 is 3.07. The molecular formula is C3H7BrCl2. The van der Waals surface area contributed by atoms with Gasteiger partial charge in [-0.05, 0) is 11.9 Å². The molecule has 0 rings (SSSR count). The Labute approximate surface area is 59.0 Å². The van der Waals surface area contributed by atoms with E-state index >= 15 is 0 Å². The Morgan fingerprint density at radius 2 is 1.50 bits per heavy atom. The van der Waals surface area contributed by atoms with Crippen molar-refractivity contribution < 1.29 is 0 Å². The zero-order chi connectivity index (χ0) is 3.41. The highest BCUT2D eigenvalue weighted by Crippen LogP contribution is 1.76. The molecule has 0 unspecified atom stereocenters. The second-order valence-corrected chi connectivity index (χ2v) is 0.988. The topological polar surface area (TPSA) is 0 Å². The number of halogens is 3. The summed E-state index contributed by atoms with van der Waals surface area (Å²) < 4.78 is 0. The average molecular weight is 194 g/mol. The van der Waals surface area contributed by atoms with E-state index in [9.17, 15) is 0 Å². The van der Waals surface area contributed by atoms with Crippen LogP contribution in [-0.4, -0.2) is 0 Å². The standard InChI is InChI=1S/C3H5Br.2ClH/c1-2-3-4;;/h2-3H,1H3;2*1H. The third-order valence-electron chi connectivity index (χ3n) is 0.126. The van der Waals surface area contributed by atoms with E-state index in [4.69, 9.17) is 0 Å². The van der Waals surface area contributed by atoms with Crippen molar-refractivity contribution in [3.8, 4) is 0 Å². The summed E-state index contributed by atoms with van der Waals surface area (Å²) in [6.07, 6.45) is 1.92. The van der Waals surface area contributed by atoms with Crippen molar-refractivity contribution in [2.75, 3.05) is 0 Å². The molecule has 0 amide bonds. The lowest BCUT2D eigenvalue weighted by atomic mass is 10.8. The fourth-order valence-corrected chi connectivity index (χ4v) is 0. The number of allylic oxidation sites excluding steroid dienone is 1. The van der Waals surface area contributed by atoms with E-state index < -0.39 is 0 Å². The first-order valence-corrected chi connectivity index (χ1v) is 2.04. The zero-order valence-corrected chi connectivity index (χ0v) is 6.57. The molecule has 0 N–H and O–H groups in total. The van der Waals surface area contributed by atoms with E-state index in [1.54, 1.807) is 0 Å². The predicted molar refractivity (Wildman–Crippen MR) is 38.2 cm³/mol. The molecule has 0 aliphatic rings. The van der Waals surface area contributed by atoms with E-state index in [-0.39, 0.29) is 24.8 Å². The first-order valence-electron chi connectivity index (χ1n) is 1.13. The summed E-state index contributed by atoms with van der Waals surface area (Å²) in [7, 11) is 0. The van der Waals surface area contributed by atoms with Crippen LogP contribution in [0.25, 0.3) is 0 Å². The van der Waals surface area contributed by atoms with Crippen LogP contribution in [0.15, 0.2) is 11.1 Å². The fraction of sp³-hybridized carbons (Fsp3) is 0.333. The minimum atomic E-state index is 0. The molecule has 6 heavy (non-hydrogen) atoms. The number of hydrogen-bond donors (Lipinski definition) is 0. The van der Waals surface area contributed by atoms with Crippen LogP contribution in [0.1, 0.15) is 6.92 Å². The van der Waals surface area contributed by atoms with Gasteiger partial charge >= 0.3 is 0 Å². The number of rotatable bonds is 0. The molecule has 0 fully saturated rings. The quantitative estimate of drug-likeness (QED) is 0.555. The Kier molecular flexibility index (Phi) is 45.0. The van der Waals surface area contributed by atoms with Gasteiger partial charge in [-0.15, -0.1) is 24.8 Å². The summed E-state index contributed by atoms with van der Waals surface area (Å²) in [4.78, 5) is 1.81. The molecule has 0 aromatic carbocycles. The van der Waals surface area contributed by atoms with Gasteiger partial charge in [0.05, 0.1) is 0 Å². The second-order valence-electron chi connectivity index (χ2n) is 0.459. The van der Waals surface area contributed by atoms with Crippen molar-refractivity contribution in [1.29, 1.82) is 0 Å². The molecule has 0 saturated carbocycles. The summed E-state index contributed by atoms with van der Waals surface area (Å²) in [6.45, 7) is 1.95. The van der Waals surface area contributed by atoms with Crippen molar-refractivity contribution in [2.45, 2.75) is 6.92 Å². The maximum Gasteiger partial charge on any atom is -0.0232 e. The van der Waals surface area contributed by atoms with Gasteiger partial charge in [0, 0.05) is 0 Å². The molecule has 0 aromatic heterocycles. The molecule has 0 spiro atoms. The van der Waals surface area contributed by atoms with Crippen molar-refractivity contribution in [1.82, 2.24) is 0 Å². The lowest BCUT2D eigenvalue weighted by Gasteiger charge is -1.47. The van der Waals surface area contributed by atoms with Gasteiger partial charge in [-0.25, -0.2) is 0 Å². The van der Waals surface area contributed by atoms with Gasteiger partial charge < -0.3 is 0 Å². The first kappa shape index (κ1) is 15.8. The molecule has 0 radical (unpaired) electrons. The molecule has 0 aliphatic carbocycles. The Balaban J connectivity index is -0.0000000450. The van der Waals surface area contributed by atoms with Crippen LogP contribution in [0.3, 0.4) is 0 Å². The number of hydrogen-bond acceptors (Lipinski definition) is 0. The van der Waals surface area contributed by atoms with Gasteiger partial charge in [0.15, 0.2) is 0 Å². The minimum absolute atomic E-state index is 0. The molecule has 0 aromatic rings. The summed E-state index contributed by atoms with van der Waals surface area (Å²) in [5.74, 6) is 0. The molecule has 40 valence electrons. The second kappa shape index (κ2) is 17.0. The smallest absolute Gasteiger partial charge is 0.0232 e. The summed E-state index contributed by atoms with van der Waals surface area (Å²) in [5, 5.41) is 0. The van der Waals surface area contributed by atoms with Crippen molar-refractivity contribution in [3.63, 3.8) is 0 Å². The van der Waals surface area contributed by atoms with E-state index in [0.29, 0.717) is 0 Å². The van der Waals surface area contributed by atoms with Gasteiger partial charge in [0.25, 0.3) is 0 Å². The normalized spacial score (nSPS) is 6.33. The zero-order valence-electron chi connectivity index (χ0n) is 3.35. The minimum Gasteiger partial charge on any atom is -0.147 e. The van der Waals surface area contributed by atoms with Crippen molar-refractivity contribution in [3.05, 3.63) is 11.1 Å². The Morgan fingerprint density at radius 3 is 1.50 bits per heavy atom. The van der Waals surface area contributed by atoms with Crippen molar-refractivity contribution >= 4 is 40.7 Å². The monoisotopic (exact) mass is 192 g/mol. The van der Waals surface area contributed by atoms with Crippen LogP contribution in [0.2, 0.25) is 0 Å². The molecule has 3 heteroatoms. The van der Waals surface area contributed by atoms with Crippen LogP contribution < -0.4 is 0 Å². The van der Waals surface area contributed by atoms with Crippen LogP contribution in [0.5, 0.6) is 0 Å². The SMILES string of the molecule is CC=CBr.Cl.Cl. The Morgan fingerprint density at radius 1 is 1.33 bits per heavy atom. The van der Waals surface area contributed by atoms with Gasteiger partial charge in [-0.2, -0.15) is 0 Å². The third kappa shape index (κ3) is 21.4. The Bertz CT molecular complexity index is 24.0. The maximum absolute atomic E-state index is 3.07. The predicted octanol–water partition coefficient (Wildman–Crippen LogP) is 2.76. The van der Waals surface area contributed by atoms with Crippen molar-refractivity contribution in [2.24, 2.45) is 0 Å². The Hall–Kier alpha value is 0.800. The van der Waals surface area contributed by atoms with Crippen LogP contribution >= 0.6 is 40.7 Å². The van der Waals surface area contributed by atoms with Gasteiger partial charge in [0.1, 0.15) is 0 Å².